The van der Waals surface area contributed by atoms with E-state index in [-0.39, 0.29) is 11.6 Å². The Morgan fingerprint density at radius 2 is 2.04 bits per heavy atom. The summed E-state index contributed by atoms with van der Waals surface area (Å²) in [6.07, 6.45) is -4.44. The minimum absolute atomic E-state index is 0.0320. The average molecular weight is 402 g/mol. The highest BCUT2D eigenvalue weighted by molar-refractivity contribution is 7.09. The molecule has 0 amide bonds. The van der Waals surface area contributed by atoms with Crippen molar-refractivity contribution in [3.05, 3.63) is 34.3 Å². The summed E-state index contributed by atoms with van der Waals surface area (Å²) >= 11 is 0.926. The van der Waals surface area contributed by atoms with Crippen LogP contribution in [0, 0.1) is 0 Å². The lowest BCUT2D eigenvalue weighted by atomic mass is 10.2. The minimum atomic E-state index is -4.44. The average Bonchev–Trinajstić information content (AvgIpc) is 3.11. The topological polar surface area (TPSA) is 67.8 Å². The van der Waals surface area contributed by atoms with Gasteiger partial charge in [-0.1, -0.05) is 0 Å². The number of nitrogens with one attached hydrogen (secondary N) is 2. The molecule has 6 nitrogen and oxygen atoms in total. The second-order valence-electron chi connectivity index (χ2n) is 5.24. The standard InChI is InChI=1S/C17H21F3N4O2S/c1-4-21-16(22-9-15-24-14(10-27-15)17(18,19)20)23-11-6-7-12(26-5-2)13(8-11)25-3/h6-8,10H,4-5,9H2,1-3H3,(H2,21,22,23). The molecule has 0 radical (unpaired) electrons. The van der Waals surface area contributed by atoms with Crippen LogP contribution >= 0.6 is 11.3 Å². The van der Waals surface area contributed by atoms with E-state index in [1.165, 1.54) is 0 Å². The SMILES string of the molecule is CCNC(=NCc1nc(C(F)(F)F)cs1)Nc1ccc(OCC)c(OC)c1. The number of hydrogen-bond acceptors (Lipinski definition) is 5. The fraction of sp³-hybridized carbons (Fsp3) is 0.412. The highest BCUT2D eigenvalue weighted by atomic mass is 32.1. The molecular formula is C17H21F3N4O2S. The van der Waals surface area contributed by atoms with Gasteiger partial charge in [0.15, 0.2) is 23.2 Å². The van der Waals surface area contributed by atoms with Gasteiger partial charge in [-0.3, -0.25) is 0 Å². The molecule has 0 aliphatic rings. The molecule has 1 aromatic carbocycles. The maximum absolute atomic E-state index is 12.6. The Kier molecular flexibility index (Phi) is 7.28. The van der Waals surface area contributed by atoms with Gasteiger partial charge < -0.3 is 20.1 Å². The molecule has 148 valence electrons. The number of aliphatic imine (C=N–C) groups is 1. The predicted octanol–water partition coefficient (Wildman–Crippen LogP) is 4.15. The van der Waals surface area contributed by atoms with Gasteiger partial charge in [0, 0.05) is 23.7 Å². The minimum Gasteiger partial charge on any atom is -0.493 e. The van der Waals surface area contributed by atoms with Gasteiger partial charge in [0.2, 0.25) is 0 Å². The smallest absolute Gasteiger partial charge is 0.434 e. The van der Waals surface area contributed by atoms with Crippen LogP contribution in [0.1, 0.15) is 24.5 Å². The molecule has 10 heteroatoms. The third-order valence-electron chi connectivity index (χ3n) is 3.29. The number of hydrogen-bond donors (Lipinski definition) is 2. The second kappa shape index (κ2) is 9.45. The zero-order chi connectivity index (χ0) is 19.9. The monoisotopic (exact) mass is 402 g/mol. The van der Waals surface area contributed by atoms with Crippen molar-refractivity contribution >= 4 is 23.0 Å². The zero-order valence-electron chi connectivity index (χ0n) is 15.2. The molecule has 0 bridgehead atoms. The second-order valence-corrected chi connectivity index (χ2v) is 6.19. The summed E-state index contributed by atoms with van der Waals surface area (Å²) in [5.41, 5.74) is -0.197. The molecule has 1 aromatic heterocycles. The van der Waals surface area contributed by atoms with Crippen molar-refractivity contribution in [3.63, 3.8) is 0 Å². The lowest BCUT2D eigenvalue weighted by Gasteiger charge is -2.14. The largest absolute Gasteiger partial charge is 0.493 e. The van der Waals surface area contributed by atoms with E-state index in [1.54, 1.807) is 25.3 Å². The Bertz CT molecular complexity index is 778. The van der Waals surface area contributed by atoms with Crippen LogP contribution in [0.15, 0.2) is 28.6 Å². The van der Waals surface area contributed by atoms with Gasteiger partial charge in [-0.2, -0.15) is 13.2 Å². The van der Waals surface area contributed by atoms with Gasteiger partial charge in [0.05, 0.1) is 20.3 Å². The van der Waals surface area contributed by atoms with E-state index in [2.05, 4.69) is 20.6 Å². The number of alkyl halides is 3. The molecule has 0 fully saturated rings. The van der Waals surface area contributed by atoms with Crippen molar-refractivity contribution in [2.45, 2.75) is 26.6 Å². The Hall–Kier alpha value is -2.49. The van der Waals surface area contributed by atoms with Crippen LogP contribution in [-0.4, -0.2) is 31.2 Å². The Morgan fingerprint density at radius 3 is 2.63 bits per heavy atom. The van der Waals surface area contributed by atoms with E-state index in [0.29, 0.717) is 36.3 Å². The number of thiazole rings is 1. The fourth-order valence-electron chi connectivity index (χ4n) is 2.12. The van der Waals surface area contributed by atoms with Crippen LogP contribution in [0.4, 0.5) is 18.9 Å². The summed E-state index contributed by atoms with van der Waals surface area (Å²) in [6, 6.07) is 5.32. The molecule has 2 rings (SSSR count). The lowest BCUT2D eigenvalue weighted by molar-refractivity contribution is -0.140. The number of guanidine groups is 1. The maximum atomic E-state index is 12.6. The van der Waals surface area contributed by atoms with Gasteiger partial charge in [-0.25, -0.2) is 9.98 Å². The Morgan fingerprint density at radius 1 is 1.26 bits per heavy atom. The summed E-state index contributed by atoms with van der Waals surface area (Å²) in [4.78, 5) is 7.87. The fourth-order valence-corrected chi connectivity index (χ4v) is 2.85. The number of anilines is 1. The summed E-state index contributed by atoms with van der Waals surface area (Å²) in [7, 11) is 1.54. The van der Waals surface area contributed by atoms with Crippen molar-refractivity contribution in [1.29, 1.82) is 0 Å². The molecule has 0 saturated heterocycles. The van der Waals surface area contributed by atoms with E-state index in [9.17, 15) is 13.2 Å². The zero-order valence-corrected chi connectivity index (χ0v) is 16.0. The number of nitrogens with zero attached hydrogens (tertiary/aromatic N) is 2. The van der Waals surface area contributed by atoms with Gasteiger partial charge in [-0.15, -0.1) is 11.3 Å². The summed E-state index contributed by atoms with van der Waals surface area (Å²) < 4.78 is 48.7. The molecule has 0 unspecified atom stereocenters. The van der Waals surface area contributed by atoms with Gasteiger partial charge in [-0.05, 0) is 26.0 Å². The van der Waals surface area contributed by atoms with Crippen molar-refractivity contribution in [3.8, 4) is 11.5 Å². The molecular weight excluding hydrogens is 381 g/mol. The van der Waals surface area contributed by atoms with E-state index in [0.717, 1.165) is 16.7 Å². The first kappa shape index (κ1) is 20.8. The van der Waals surface area contributed by atoms with Crippen LogP contribution in [0.2, 0.25) is 0 Å². The molecule has 27 heavy (non-hydrogen) atoms. The molecule has 0 aliphatic heterocycles. The number of rotatable bonds is 7. The molecule has 0 aliphatic carbocycles. The maximum Gasteiger partial charge on any atom is 0.434 e. The summed E-state index contributed by atoms with van der Waals surface area (Å²) in [5.74, 6) is 1.61. The number of aromatic nitrogens is 1. The van der Waals surface area contributed by atoms with Crippen molar-refractivity contribution in [2.75, 3.05) is 25.6 Å². The number of halogens is 3. The normalized spacial score (nSPS) is 12.0. The van der Waals surface area contributed by atoms with Crippen molar-refractivity contribution in [1.82, 2.24) is 10.3 Å². The first-order valence-corrected chi connectivity index (χ1v) is 9.13. The van der Waals surface area contributed by atoms with Crippen LogP contribution < -0.4 is 20.1 Å². The third kappa shape index (κ3) is 6.02. The van der Waals surface area contributed by atoms with Gasteiger partial charge in [0.1, 0.15) is 5.01 Å². The van der Waals surface area contributed by atoms with Crippen LogP contribution in [0.3, 0.4) is 0 Å². The number of ether oxygens (including phenoxy) is 2. The first-order chi connectivity index (χ1) is 12.9. The van der Waals surface area contributed by atoms with Crippen LogP contribution in [0.5, 0.6) is 11.5 Å². The quantitative estimate of drug-likeness (QED) is 0.538. The number of benzene rings is 1. The summed E-state index contributed by atoms with van der Waals surface area (Å²) in [6.45, 7) is 4.91. The third-order valence-corrected chi connectivity index (χ3v) is 4.12. The first-order valence-electron chi connectivity index (χ1n) is 8.25. The van der Waals surface area contributed by atoms with E-state index < -0.39 is 11.9 Å². The van der Waals surface area contributed by atoms with E-state index >= 15 is 0 Å². The highest BCUT2D eigenvalue weighted by Crippen LogP contribution is 2.31. The summed E-state index contributed by atoms with van der Waals surface area (Å²) in [5, 5.41) is 7.40. The van der Waals surface area contributed by atoms with Gasteiger partial charge >= 0.3 is 6.18 Å². The molecule has 0 saturated carbocycles. The van der Waals surface area contributed by atoms with E-state index in [4.69, 9.17) is 9.47 Å². The number of methoxy groups -OCH3 is 1. The Labute approximate surface area is 159 Å². The van der Waals surface area contributed by atoms with Crippen LogP contribution in [0.25, 0.3) is 0 Å². The Balaban J connectivity index is 2.12. The molecule has 0 atom stereocenters. The van der Waals surface area contributed by atoms with Crippen molar-refractivity contribution in [2.24, 2.45) is 4.99 Å². The lowest BCUT2D eigenvalue weighted by Crippen LogP contribution is -2.30. The van der Waals surface area contributed by atoms with Gasteiger partial charge in [0.25, 0.3) is 0 Å². The molecule has 2 N–H and O–H groups in total. The molecule has 0 spiro atoms. The predicted molar refractivity (Wildman–Crippen MR) is 99.7 cm³/mol. The molecule has 2 aromatic rings. The molecule has 1 heterocycles. The highest BCUT2D eigenvalue weighted by Gasteiger charge is 2.33. The van der Waals surface area contributed by atoms with Crippen LogP contribution in [-0.2, 0) is 12.7 Å². The van der Waals surface area contributed by atoms with E-state index in [1.807, 2.05) is 13.8 Å². The van der Waals surface area contributed by atoms with Crippen molar-refractivity contribution < 1.29 is 22.6 Å².